The summed E-state index contributed by atoms with van der Waals surface area (Å²) in [5.41, 5.74) is 2.76. The molecule has 148 valence electrons. The van der Waals surface area contributed by atoms with Crippen molar-refractivity contribution in [2.24, 2.45) is 5.10 Å². The van der Waals surface area contributed by atoms with Crippen molar-refractivity contribution in [2.75, 3.05) is 26.9 Å². The molecule has 0 spiro atoms. The molecular formula is C18H24ClN3O5. The van der Waals surface area contributed by atoms with E-state index in [2.05, 4.69) is 15.8 Å². The van der Waals surface area contributed by atoms with Crippen LogP contribution in [0.5, 0.6) is 11.5 Å². The number of carbonyl (C=O) groups excluding carboxylic acids is 2. The molecule has 1 aromatic rings. The summed E-state index contributed by atoms with van der Waals surface area (Å²) in [6.45, 7) is 3.49. The Morgan fingerprint density at radius 3 is 2.89 bits per heavy atom. The van der Waals surface area contributed by atoms with Crippen LogP contribution in [-0.2, 0) is 14.3 Å². The SMILES string of the molecule is CCCOc1c(Cl)cc(/C=N\NC(=O)C(=O)NC[C@H]2CCCO2)cc1OC. The van der Waals surface area contributed by atoms with Gasteiger partial charge in [0.1, 0.15) is 0 Å². The second-order valence-corrected chi connectivity index (χ2v) is 6.33. The first-order valence-electron chi connectivity index (χ1n) is 8.78. The van der Waals surface area contributed by atoms with Crippen molar-refractivity contribution >= 4 is 29.6 Å². The number of hydrazone groups is 1. The van der Waals surface area contributed by atoms with Gasteiger partial charge in [-0.25, -0.2) is 5.43 Å². The first kappa shape index (κ1) is 21.0. The van der Waals surface area contributed by atoms with Gasteiger partial charge in [0.2, 0.25) is 0 Å². The van der Waals surface area contributed by atoms with E-state index in [4.69, 9.17) is 25.8 Å². The maximum absolute atomic E-state index is 11.8. The predicted molar refractivity (Wildman–Crippen MR) is 102 cm³/mol. The summed E-state index contributed by atoms with van der Waals surface area (Å²) >= 11 is 6.21. The first-order chi connectivity index (χ1) is 13.0. The number of halogens is 1. The van der Waals surface area contributed by atoms with Crippen LogP contribution in [0.15, 0.2) is 17.2 Å². The molecule has 8 nitrogen and oxygen atoms in total. The molecule has 2 rings (SSSR count). The van der Waals surface area contributed by atoms with E-state index in [1.807, 2.05) is 6.92 Å². The van der Waals surface area contributed by atoms with Crippen LogP contribution in [0.4, 0.5) is 0 Å². The molecule has 0 aromatic heterocycles. The molecule has 1 fully saturated rings. The third-order valence-electron chi connectivity index (χ3n) is 3.80. The second kappa shape index (κ2) is 10.7. The van der Waals surface area contributed by atoms with Crippen LogP contribution in [0.1, 0.15) is 31.7 Å². The zero-order chi connectivity index (χ0) is 19.6. The van der Waals surface area contributed by atoms with Crippen LogP contribution in [0, 0.1) is 0 Å². The van der Waals surface area contributed by atoms with Gasteiger partial charge in [0.05, 0.1) is 31.1 Å². The fraction of sp³-hybridized carbons (Fsp3) is 0.500. The molecule has 1 heterocycles. The number of nitrogens with zero attached hydrogens (tertiary/aromatic N) is 1. The van der Waals surface area contributed by atoms with Gasteiger partial charge < -0.3 is 19.5 Å². The van der Waals surface area contributed by atoms with Gasteiger partial charge in [-0.2, -0.15) is 5.10 Å². The number of nitrogens with one attached hydrogen (secondary N) is 2. The topological polar surface area (TPSA) is 98.2 Å². The Bertz CT molecular complexity index is 690. The van der Waals surface area contributed by atoms with Gasteiger partial charge in [-0.15, -0.1) is 0 Å². The highest BCUT2D eigenvalue weighted by Gasteiger charge is 2.19. The molecule has 0 unspecified atom stereocenters. The average Bonchev–Trinajstić information content (AvgIpc) is 3.18. The minimum atomic E-state index is -0.856. The van der Waals surface area contributed by atoms with Crippen molar-refractivity contribution in [3.05, 3.63) is 22.7 Å². The largest absolute Gasteiger partial charge is 0.493 e. The number of rotatable bonds is 8. The van der Waals surface area contributed by atoms with Crippen LogP contribution < -0.4 is 20.2 Å². The molecule has 1 aliphatic heterocycles. The second-order valence-electron chi connectivity index (χ2n) is 5.93. The van der Waals surface area contributed by atoms with E-state index in [0.29, 0.717) is 41.8 Å². The van der Waals surface area contributed by atoms with Gasteiger partial charge in [0.15, 0.2) is 11.5 Å². The third-order valence-corrected chi connectivity index (χ3v) is 4.08. The van der Waals surface area contributed by atoms with Crippen molar-refractivity contribution in [3.8, 4) is 11.5 Å². The molecule has 0 radical (unpaired) electrons. The van der Waals surface area contributed by atoms with Crippen LogP contribution in [0.3, 0.4) is 0 Å². The van der Waals surface area contributed by atoms with Crippen molar-refractivity contribution in [2.45, 2.75) is 32.3 Å². The summed E-state index contributed by atoms with van der Waals surface area (Å²) in [5, 5.41) is 6.66. The zero-order valence-corrected chi connectivity index (χ0v) is 16.2. The van der Waals surface area contributed by atoms with Crippen LogP contribution in [-0.4, -0.2) is 51.0 Å². The summed E-state index contributed by atoms with van der Waals surface area (Å²) < 4.78 is 16.2. The van der Waals surface area contributed by atoms with Crippen molar-refractivity contribution < 1.29 is 23.8 Å². The Labute approximate surface area is 163 Å². The van der Waals surface area contributed by atoms with Crippen LogP contribution in [0.25, 0.3) is 0 Å². The van der Waals surface area contributed by atoms with Gasteiger partial charge in [0.25, 0.3) is 0 Å². The molecule has 2 amide bonds. The Morgan fingerprint density at radius 1 is 1.41 bits per heavy atom. The summed E-state index contributed by atoms with van der Waals surface area (Å²) in [7, 11) is 1.51. The Balaban J connectivity index is 1.89. The maximum atomic E-state index is 11.8. The molecule has 27 heavy (non-hydrogen) atoms. The minimum absolute atomic E-state index is 0.0340. The van der Waals surface area contributed by atoms with E-state index in [0.717, 1.165) is 19.3 Å². The minimum Gasteiger partial charge on any atom is -0.493 e. The normalized spacial score (nSPS) is 16.3. The predicted octanol–water partition coefficient (Wildman–Crippen LogP) is 1.88. The summed E-state index contributed by atoms with van der Waals surface area (Å²) in [5.74, 6) is -0.708. The third kappa shape index (κ3) is 6.41. The molecule has 1 aromatic carbocycles. The average molecular weight is 398 g/mol. The molecule has 1 saturated heterocycles. The lowest BCUT2D eigenvalue weighted by atomic mass is 10.2. The molecule has 2 N–H and O–H groups in total. The molecular weight excluding hydrogens is 374 g/mol. The first-order valence-corrected chi connectivity index (χ1v) is 9.16. The smallest absolute Gasteiger partial charge is 0.329 e. The molecule has 1 aliphatic rings. The number of carbonyl (C=O) groups is 2. The van der Waals surface area contributed by atoms with Gasteiger partial charge in [-0.3, -0.25) is 9.59 Å². The number of amides is 2. The van der Waals surface area contributed by atoms with E-state index in [1.165, 1.54) is 13.3 Å². The highest BCUT2D eigenvalue weighted by Crippen LogP contribution is 2.36. The van der Waals surface area contributed by atoms with Crippen molar-refractivity contribution in [3.63, 3.8) is 0 Å². The Morgan fingerprint density at radius 2 is 2.22 bits per heavy atom. The monoisotopic (exact) mass is 397 g/mol. The molecule has 9 heteroatoms. The lowest BCUT2D eigenvalue weighted by Crippen LogP contribution is -2.41. The van der Waals surface area contributed by atoms with E-state index >= 15 is 0 Å². The van der Waals surface area contributed by atoms with Gasteiger partial charge >= 0.3 is 11.8 Å². The zero-order valence-electron chi connectivity index (χ0n) is 15.4. The van der Waals surface area contributed by atoms with Gasteiger partial charge in [-0.05, 0) is 37.0 Å². The Kier molecular flexibility index (Phi) is 8.35. The molecule has 0 saturated carbocycles. The van der Waals surface area contributed by atoms with Crippen molar-refractivity contribution in [1.82, 2.24) is 10.7 Å². The number of ether oxygens (including phenoxy) is 3. The van der Waals surface area contributed by atoms with Gasteiger partial charge in [0, 0.05) is 13.2 Å². The summed E-state index contributed by atoms with van der Waals surface area (Å²) in [6.07, 6.45) is 4.01. The number of benzene rings is 1. The van der Waals surface area contributed by atoms with E-state index in [9.17, 15) is 9.59 Å². The lowest BCUT2D eigenvalue weighted by molar-refractivity contribution is -0.139. The lowest BCUT2D eigenvalue weighted by Gasteiger charge is -2.12. The quantitative estimate of drug-likeness (QED) is 0.396. The maximum Gasteiger partial charge on any atom is 0.329 e. The standard InChI is InChI=1S/C18H24ClN3O5/c1-3-6-27-16-14(19)8-12(9-15(16)25-2)10-21-22-18(24)17(23)20-11-13-5-4-7-26-13/h8-10,13H,3-7,11H2,1-2H3,(H,20,23)(H,22,24)/b21-10-/t13-/m1/s1. The number of hydrogen-bond donors (Lipinski definition) is 2. The van der Waals surface area contributed by atoms with Crippen LogP contribution >= 0.6 is 11.6 Å². The highest BCUT2D eigenvalue weighted by molar-refractivity contribution is 6.35. The van der Waals surface area contributed by atoms with Crippen LogP contribution in [0.2, 0.25) is 5.02 Å². The van der Waals surface area contributed by atoms with E-state index in [1.54, 1.807) is 12.1 Å². The van der Waals surface area contributed by atoms with Crippen molar-refractivity contribution in [1.29, 1.82) is 0 Å². The van der Waals surface area contributed by atoms with E-state index < -0.39 is 11.8 Å². The molecule has 0 bridgehead atoms. The Hall–Kier alpha value is -2.32. The van der Waals surface area contributed by atoms with Gasteiger partial charge in [-0.1, -0.05) is 18.5 Å². The number of methoxy groups -OCH3 is 1. The number of hydrogen-bond acceptors (Lipinski definition) is 6. The molecule has 1 atom stereocenters. The summed E-state index contributed by atoms with van der Waals surface area (Å²) in [6, 6.07) is 3.30. The van der Waals surface area contributed by atoms with E-state index in [-0.39, 0.29) is 6.10 Å². The highest BCUT2D eigenvalue weighted by atomic mass is 35.5. The fourth-order valence-corrected chi connectivity index (χ4v) is 2.74. The fourth-order valence-electron chi connectivity index (χ4n) is 2.47. The molecule has 0 aliphatic carbocycles. The summed E-state index contributed by atoms with van der Waals surface area (Å²) in [4.78, 5) is 23.5.